The maximum Gasteiger partial charge on any atom is 0.0958 e. The fourth-order valence-corrected chi connectivity index (χ4v) is 1.67. The van der Waals surface area contributed by atoms with Crippen LogP contribution in [0.4, 0.5) is 5.69 Å². The molecule has 0 bridgehead atoms. The van der Waals surface area contributed by atoms with Crippen LogP contribution in [0.1, 0.15) is 19.8 Å². The molecule has 0 aliphatic heterocycles. The topological polar surface area (TPSA) is 24.9 Å². The van der Waals surface area contributed by atoms with E-state index in [1.54, 1.807) is 11.8 Å². The van der Waals surface area contributed by atoms with E-state index in [4.69, 9.17) is 0 Å². The van der Waals surface area contributed by atoms with Gasteiger partial charge in [0, 0.05) is 6.54 Å². The van der Waals surface area contributed by atoms with Gasteiger partial charge in [-0.2, -0.15) is 0 Å². The van der Waals surface area contributed by atoms with Gasteiger partial charge in [-0.1, -0.05) is 6.92 Å². The number of aromatic nitrogens is 1. The maximum atomic E-state index is 4.32. The molecule has 3 heteroatoms. The van der Waals surface area contributed by atoms with E-state index in [0.29, 0.717) is 5.41 Å². The summed E-state index contributed by atoms with van der Waals surface area (Å²) in [5.41, 5.74) is 1.69. The van der Waals surface area contributed by atoms with Gasteiger partial charge in [0.1, 0.15) is 0 Å². The Balaban J connectivity index is 1.89. The van der Waals surface area contributed by atoms with Crippen molar-refractivity contribution in [2.75, 3.05) is 18.1 Å². The zero-order valence-electron chi connectivity index (χ0n) is 8.71. The summed E-state index contributed by atoms with van der Waals surface area (Å²) < 4.78 is 0. The second-order valence-electron chi connectivity index (χ2n) is 4.25. The summed E-state index contributed by atoms with van der Waals surface area (Å²) in [6.45, 7) is 3.40. The second-order valence-corrected chi connectivity index (χ2v) is 5.08. The summed E-state index contributed by atoms with van der Waals surface area (Å²) in [5.74, 6) is 0. The fourth-order valence-electron chi connectivity index (χ4n) is 1.31. The number of hydrogen-bond acceptors (Lipinski definition) is 3. The molecular weight excluding hydrogens is 192 g/mol. The minimum Gasteiger partial charge on any atom is -0.383 e. The number of nitrogens with one attached hydrogen (secondary N) is 1. The highest BCUT2D eigenvalue weighted by molar-refractivity contribution is 7.98. The SMILES string of the molecule is CSc1ccc(NCC2(C)CC2)cn1. The molecule has 0 saturated heterocycles. The Bertz CT molecular complexity index is 304. The van der Waals surface area contributed by atoms with E-state index in [1.807, 2.05) is 12.5 Å². The predicted octanol–water partition coefficient (Wildman–Crippen LogP) is 3.02. The monoisotopic (exact) mass is 208 g/mol. The van der Waals surface area contributed by atoms with E-state index in [2.05, 4.69) is 29.4 Å². The molecule has 1 N–H and O–H groups in total. The van der Waals surface area contributed by atoms with Gasteiger partial charge in [-0.25, -0.2) is 4.98 Å². The lowest BCUT2D eigenvalue weighted by atomic mass is 10.1. The summed E-state index contributed by atoms with van der Waals surface area (Å²) in [4.78, 5) is 4.32. The van der Waals surface area contributed by atoms with Crippen molar-refractivity contribution in [3.8, 4) is 0 Å². The first-order valence-corrected chi connectivity index (χ1v) is 6.18. The third-order valence-electron chi connectivity index (χ3n) is 2.77. The van der Waals surface area contributed by atoms with Gasteiger partial charge < -0.3 is 5.32 Å². The summed E-state index contributed by atoms with van der Waals surface area (Å²) in [6, 6.07) is 4.16. The molecule has 1 saturated carbocycles. The summed E-state index contributed by atoms with van der Waals surface area (Å²) in [6.07, 6.45) is 6.67. The van der Waals surface area contributed by atoms with Crippen LogP contribution in [-0.4, -0.2) is 17.8 Å². The fraction of sp³-hybridized carbons (Fsp3) is 0.545. The zero-order valence-corrected chi connectivity index (χ0v) is 9.53. The third-order valence-corrected chi connectivity index (χ3v) is 3.43. The average molecular weight is 208 g/mol. The molecule has 1 heterocycles. The van der Waals surface area contributed by atoms with Crippen molar-refractivity contribution in [2.24, 2.45) is 5.41 Å². The van der Waals surface area contributed by atoms with Crippen molar-refractivity contribution in [1.29, 1.82) is 0 Å². The molecule has 0 radical (unpaired) electrons. The van der Waals surface area contributed by atoms with Crippen LogP contribution in [0.2, 0.25) is 0 Å². The minimum absolute atomic E-state index is 0.554. The lowest BCUT2D eigenvalue weighted by Gasteiger charge is -2.10. The summed E-state index contributed by atoms with van der Waals surface area (Å²) >= 11 is 1.67. The van der Waals surface area contributed by atoms with E-state index < -0.39 is 0 Å². The molecule has 0 amide bonds. The van der Waals surface area contributed by atoms with E-state index in [9.17, 15) is 0 Å². The first kappa shape index (κ1) is 9.84. The molecule has 1 aliphatic carbocycles. The van der Waals surface area contributed by atoms with Crippen LogP contribution in [0.25, 0.3) is 0 Å². The number of hydrogen-bond donors (Lipinski definition) is 1. The molecule has 1 aliphatic rings. The molecule has 2 rings (SSSR count). The molecule has 1 aromatic heterocycles. The first-order valence-electron chi connectivity index (χ1n) is 4.96. The van der Waals surface area contributed by atoms with Crippen molar-refractivity contribution in [2.45, 2.75) is 24.8 Å². The Morgan fingerprint density at radius 2 is 2.29 bits per heavy atom. The highest BCUT2D eigenvalue weighted by Crippen LogP contribution is 2.44. The lowest BCUT2D eigenvalue weighted by molar-refractivity contribution is 0.610. The van der Waals surface area contributed by atoms with Crippen LogP contribution >= 0.6 is 11.8 Å². The number of pyridine rings is 1. The van der Waals surface area contributed by atoms with E-state index in [0.717, 1.165) is 17.3 Å². The molecule has 1 fully saturated rings. The van der Waals surface area contributed by atoms with Gasteiger partial charge in [0.25, 0.3) is 0 Å². The molecule has 76 valence electrons. The van der Waals surface area contributed by atoms with Gasteiger partial charge in [0.2, 0.25) is 0 Å². The predicted molar refractivity (Wildman–Crippen MR) is 61.8 cm³/mol. The van der Waals surface area contributed by atoms with Gasteiger partial charge in [-0.05, 0) is 36.6 Å². The minimum atomic E-state index is 0.554. The third kappa shape index (κ3) is 2.41. The molecule has 14 heavy (non-hydrogen) atoms. The van der Waals surface area contributed by atoms with Crippen molar-refractivity contribution in [3.05, 3.63) is 18.3 Å². The Hall–Kier alpha value is -0.700. The van der Waals surface area contributed by atoms with Crippen LogP contribution in [0.3, 0.4) is 0 Å². The van der Waals surface area contributed by atoms with Crippen LogP contribution in [0, 0.1) is 5.41 Å². The highest BCUT2D eigenvalue weighted by Gasteiger charge is 2.36. The van der Waals surface area contributed by atoms with Gasteiger partial charge in [-0.3, -0.25) is 0 Å². The van der Waals surface area contributed by atoms with E-state index in [-0.39, 0.29) is 0 Å². The van der Waals surface area contributed by atoms with E-state index >= 15 is 0 Å². The van der Waals surface area contributed by atoms with Crippen LogP contribution < -0.4 is 5.32 Å². The Morgan fingerprint density at radius 1 is 1.50 bits per heavy atom. The molecule has 0 unspecified atom stereocenters. The maximum absolute atomic E-state index is 4.32. The van der Waals surface area contributed by atoms with Crippen molar-refractivity contribution < 1.29 is 0 Å². The smallest absolute Gasteiger partial charge is 0.0958 e. The van der Waals surface area contributed by atoms with Crippen LogP contribution in [0.15, 0.2) is 23.4 Å². The highest BCUT2D eigenvalue weighted by atomic mass is 32.2. The summed E-state index contributed by atoms with van der Waals surface area (Å²) in [5, 5.41) is 4.50. The van der Waals surface area contributed by atoms with Crippen LogP contribution in [-0.2, 0) is 0 Å². The second kappa shape index (κ2) is 3.81. The number of anilines is 1. The molecular formula is C11H16N2S. The van der Waals surface area contributed by atoms with Gasteiger partial charge in [0.05, 0.1) is 16.9 Å². The average Bonchev–Trinajstić information content (AvgIpc) is 2.95. The molecule has 0 spiro atoms. The van der Waals surface area contributed by atoms with Crippen molar-refractivity contribution in [1.82, 2.24) is 4.98 Å². The Morgan fingerprint density at radius 3 is 2.79 bits per heavy atom. The molecule has 0 aromatic carbocycles. The van der Waals surface area contributed by atoms with Gasteiger partial charge in [-0.15, -0.1) is 11.8 Å². The first-order chi connectivity index (χ1) is 6.72. The van der Waals surface area contributed by atoms with E-state index in [1.165, 1.54) is 12.8 Å². The Kier molecular flexibility index (Phi) is 2.68. The zero-order chi connectivity index (χ0) is 10.0. The van der Waals surface area contributed by atoms with Crippen LogP contribution in [0.5, 0.6) is 0 Å². The lowest BCUT2D eigenvalue weighted by Crippen LogP contribution is -2.11. The quantitative estimate of drug-likeness (QED) is 0.770. The largest absolute Gasteiger partial charge is 0.383 e. The van der Waals surface area contributed by atoms with Crippen molar-refractivity contribution >= 4 is 17.4 Å². The number of rotatable bonds is 4. The van der Waals surface area contributed by atoms with Gasteiger partial charge in [0.15, 0.2) is 0 Å². The van der Waals surface area contributed by atoms with Gasteiger partial charge >= 0.3 is 0 Å². The molecule has 1 aromatic rings. The normalized spacial score (nSPS) is 17.9. The summed E-state index contributed by atoms with van der Waals surface area (Å²) in [7, 11) is 0. The number of thioether (sulfide) groups is 1. The van der Waals surface area contributed by atoms with Crippen molar-refractivity contribution in [3.63, 3.8) is 0 Å². The Labute approximate surface area is 89.5 Å². The molecule has 2 nitrogen and oxygen atoms in total. The standard InChI is InChI=1S/C11H16N2S/c1-11(5-6-11)8-13-9-3-4-10(14-2)12-7-9/h3-4,7,13H,5-6,8H2,1-2H3. The molecule has 0 atom stereocenters. The number of nitrogens with zero attached hydrogens (tertiary/aromatic N) is 1.